The van der Waals surface area contributed by atoms with Crippen LogP contribution in [0.2, 0.25) is 0 Å². The van der Waals surface area contributed by atoms with Gasteiger partial charge in [-0.3, -0.25) is 0 Å². The second-order valence-electron chi connectivity index (χ2n) is 4.11. The lowest BCUT2D eigenvalue weighted by Crippen LogP contribution is -2.11. The van der Waals surface area contributed by atoms with Crippen molar-refractivity contribution < 1.29 is 17.2 Å². The number of sulfone groups is 1. The second kappa shape index (κ2) is 5.84. The molecule has 0 saturated carbocycles. The fourth-order valence-corrected chi connectivity index (χ4v) is 2.97. The van der Waals surface area contributed by atoms with Gasteiger partial charge in [0.2, 0.25) is 9.84 Å². The van der Waals surface area contributed by atoms with Gasteiger partial charge in [0.15, 0.2) is 0 Å². The third-order valence-corrected chi connectivity index (χ3v) is 4.70. The minimum Gasteiger partial charge on any atom is -0.377 e. The van der Waals surface area contributed by atoms with Crippen molar-refractivity contribution in [1.82, 2.24) is 4.98 Å². The smallest absolute Gasteiger partial charge is 0.341 e. The largest absolute Gasteiger partial charge is 0.377 e. The summed E-state index contributed by atoms with van der Waals surface area (Å²) >= 11 is 1.47. The Labute approximate surface area is 119 Å². The van der Waals surface area contributed by atoms with Crippen LogP contribution in [0.25, 0.3) is 0 Å². The zero-order chi connectivity index (χ0) is 14.8. The number of rotatable bonds is 5. The van der Waals surface area contributed by atoms with Crippen LogP contribution in [0.1, 0.15) is 18.7 Å². The Morgan fingerprint density at radius 3 is 2.40 bits per heavy atom. The van der Waals surface area contributed by atoms with Crippen molar-refractivity contribution in [2.75, 3.05) is 5.32 Å². The highest BCUT2D eigenvalue weighted by atomic mass is 32.2. The summed E-state index contributed by atoms with van der Waals surface area (Å²) in [5, 5.41) is 5.01. The van der Waals surface area contributed by atoms with E-state index in [4.69, 9.17) is 0 Å². The van der Waals surface area contributed by atoms with Crippen molar-refractivity contribution in [1.29, 1.82) is 0 Å². The molecule has 1 aromatic carbocycles. The van der Waals surface area contributed by atoms with Gasteiger partial charge in [0.05, 0.1) is 22.1 Å². The summed E-state index contributed by atoms with van der Waals surface area (Å²) in [4.78, 5) is 3.76. The SMILES string of the molecule is CC(Nc1ccc(S(=O)(=O)C(F)F)cc1)c1cscn1. The van der Waals surface area contributed by atoms with Gasteiger partial charge in [-0.15, -0.1) is 11.3 Å². The number of nitrogens with one attached hydrogen (secondary N) is 1. The predicted molar refractivity (Wildman–Crippen MR) is 73.8 cm³/mol. The first-order valence-electron chi connectivity index (χ1n) is 5.68. The lowest BCUT2D eigenvalue weighted by molar-refractivity contribution is 0.234. The number of benzene rings is 1. The molecule has 4 nitrogen and oxygen atoms in total. The molecule has 1 heterocycles. The summed E-state index contributed by atoms with van der Waals surface area (Å²) in [6.07, 6.45) is 0. The first kappa shape index (κ1) is 14.9. The van der Waals surface area contributed by atoms with E-state index in [2.05, 4.69) is 10.3 Å². The van der Waals surface area contributed by atoms with Gasteiger partial charge in [-0.05, 0) is 31.2 Å². The number of aromatic nitrogens is 1. The fraction of sp³-hybridized carbons (Fsp3) is 0.250. The van der Waals surface area contributed by atoms with Crippen molar-refractivity contribution in [2.45, 2.75) is 23.6 Å². The Hall–Kier alpha value is -1.54. The van der Waals surface area contributed by atoms with Crippen molar-refractivity contribution in [3.63, 3.8) is 0 Å². The van der Waals surface area contributed by atoms with Gasteiger partial charge in [-0.2, -0.15) is 8.78 Å². The molecule has 20 heavy (non-hydrogen) atoms. The van der Waals surface area contributed by atoms with Crippen molar-refractivity contribution in [3.8, 4) is 0 Å². The molecule has 8 heteroatoms. The molecule has 1 N–H and O–H groups in total. The summed E-state index contributed by atoms with van der Waals surface area (Å²) in [5.41, 5.74) is 3.21. The van der Waals surface area contributed by atoms with Crippen LogP contribution in [0.15, 0.2) is 40.1 Å². The number of hydrogen-bond donors (Lipinski definition) is 1. The van der Waals surface area contributed by atoms with Crippen LogP contribution in [-0.2, 0) is 9.84 Å². The average Bonchev–Trinajstić information content (AvgIpc) is 2.93. The normalized spacial score (nSPS) is 13.4. The van der Waals surface area contributed by atoms with E-state index in [1.165, 1.54) is 23.5 Å². The molecular weight excluding hydrogens is 306 g/mol. The van der Waals surface area contributed by atoms with Gasteiger partial charge >= 0.3 is 5.76 Å². The lowest BCUT2D eigenvalue weighted by Gasteiger charge is -2.13. The van der Waals surface area contributed by atoms with E-state index in [0.717, 1.165) is 17.8 Å². The highest BCUT2D eigenvalue weighted by molar-refractivity contribution is 7.91. The summed E-state index contributed by atoms with van der Waals surface area (Å²) in [6, 6.07) is 5.18. The quantitative estimate of drug-likeness (QED) is 0.919. The Kier molecular flexibility index (Phi) is 4.34. The first-order chi connectivity index (χ1) is 9.41. The molecule has 0 saturated heterocycles. The van der Waals surface area contributed by atoms with Crippen LogP contribution in [0.3, 0.4) is 0 Å². The highest BCUT2D eigenvalue weighted by Gasteiger charge is 2.26. The molecule has 2 rings (SSSR count). The van der Waals surface area contributed by atoms with Crippen LogP contribution in [0.5, 0.6) is 0 Å². The molecule has 0 fully saturated rings. The molecule has 2 aromatic rings. The molecule has 0 aliphatic heterocycles. The number of alkyl halides is 2. The fourth-order valence-electron chi connectivity index (χ4n) is 1.60. The van der Waals surface area contributed by atoms with Crippen molar-refractivity contribution in [2.24, 2.45) is 0 Å². The Balaban J connectivity index is 2.13. The maximum Gasteiger partial charge on any atom is 0.341 e. The van der Waals surface area contributed by atoms with Gasteiger partial charge in [-0.1, -0.05) is 0 Å². The molecule has 0 aliphatic rings. The van der Waals surface area contributed by atoms with Crippen LogP contribution in [0.4, 0.5) is 14.5 Å². The van der Waals surface area contributed by atoms with Crippen LogP contribution in [-0.4, -0.2) is 19.2 Å². The molecule has 1 aromatic heterocycles. The molecule has 0 spiro atoms. The maximum atomic E-state index is 12.4. The standard InChI is InChI=1S/C12H12F2N2O2S2/c1-8(11-6-19-7-15-11)16-9-2-4-10(5-3-9)20(17,18)12(13)14/h2-8,12,16H,1H3. The average molecular weight is 318 g/mol. The van der Waals surface area contributed by atoms with Gasteiger partial charge in [0.25, 0.3) is 0 Å². The molecule has 1 atom stereocenters. The van der Waals surface area contributed by atoms with E-state index in [9.17, 15) is 17.2 Å². The van der Waals surface area contributed by atoms with E-state index in [1.807, 2.05) is 12.3 Å². The second-order valence-corrected chi connectivity index (χ2v) is 6.75. The molecule has 0 aliphatic carbocycles. The topological polar surface area (TPSA) is 59.1 Å². The molecule has 108 valence electrons. The number of hydrogen-bond acceptors (Lipinski definition) is 5. The molecule has 0 amide bonds. The van der Waals surface area contributed by atoms with E-state index >= 15 is 0 Å². The van der Waals surface area contributed by atoms with Gasteiger partial charge in [0.1, 0.15) is 0 Å². The van der Waals surface area contributed by atoms with Gasteiger partial charge in [0, 0.05) is 11.1 Å². The minimum atomic E-state index is -4.54. The minimum absolute atomic E-state index is 0.0567. The van der Waals surface area contributed by atoms with E-state index in [-0.39, 0.29) is 10.9 Å². The van der Waals surface area contributed by atoms with E-state index in [1.54, 1.807) is 5.51 Å². The molecule has 1 unspecified atom stereocenters. The third kappa shape index (κ3) is 3.13. The Morgan fingerprint density at radius 2 is 1.90 bits per heavy atom. The Morgan fingerprint density at radius 1 is 1.25 bits per heavy atom. The summed E-state index contributed by atoms with van der Waals surface area (Å²) in [7, 11) is -4.54. The molecule has 0 bridgehead atoms. The zero-order valence-electron chi connectivity index (χ0n) is 10.5. The van der Waals surface area contributed by atoms with E-state index < -0.39 is 15.6 Å². The van der Waals surface area contributed by atoms with Crippen molar-refractivity contribution in [3.05, 3.63) is 40.8 Å². The summed E-state index contributed by atoms with van der Waals surface area (Å²) in [5.74, 6) is -3.41. The number of thiazole rings is 1. The third-order valence-electron chi connectivity index (χ3n) is 2.70. The first-order valence-corrected chi connectivity index (χ1v) is 8.17. The number of anilines is 1. The Bertz CT molecular complexity index is 655. The van der Waals surface area contributed by atoms with Crippen LogP contribution >= 0.6 is 11.3 Å². The number of halogens is 2. The maximum absolute atomic E-state index is 12.4. The van der Waals surface area contributed by atoms with Crippen LogP contribution in [0, 0.1) is 0 Å². The zero-order valence-corrected chi connectivity index (χ0v) is 12.1. The summed E-state index contributed by atoms with van der Waals surface area (Å²) in [6.45, 7) is 1.90. The van der Waals surface area contributed by atoms with Gasteiger partial charge < -0.3 is 5.32 Å². The highest BCUT2D eigenvalue weighted by Crippen LogP contribution is 2.23. The predicted octanol–water partition coefficient (Wildman–Crippen LogP) is 3.31. The van der Waals surface area contributed by atoms with Crippen molar-refractivity contribution >= 4 is 26.9 Å². The monoisotopic (exact) mass is 318 g/mol. The van der Waals surface area contributed by atoms with E-state index in [0.29, 0.717) is 5.69 Å². The lowest BCUT2D eigenvalue weighted by atomic mass is 10.2. The molecular formula is C12H12F2N2O2S2. The van der Waals surface area contributed by atoms with Gasteiger partial charge in [-0.25, -0.2) is 13.4 Å². The number of nitrogens with zero attached hydrogens (tertiary/aromatic N) is 1. The molecule has 0 radical (unpaired) electrons. The van der Waals surface area contributed by atoms with Crippen LogP contribution < -0.4 is 5.32 Å². The summed E-state index contributed by atoms with van der Waals surface area (Å²) < 4.78 is 47.3.